The Hall–Kier alpha value is -0.0400. The Bertz CT molecular complexity index is 37.8. The van der Waals surface area contributed by atoms with E-state index < -0.39 is 0 Å². The quantitative estimate of drug-likeness (QED) is 0.501. The first-order valence-electron chi connectivity index (χ1n) is 3.78. The van der Waals surface area contributed by atoms with Crippen molar-refractivity contribution in [3.05, 3.63) is 7.11 Å². The predicted octanol–water partition coefficient (Wildman–Crippen LogP) is 2.76. The lowest BCUT2D eigenvalue weighted by Gasteiger charge is -1.96. The van der Waals surface area contributed by atoms with Gasteiger partial charge in [-0.3, -0.25) is 0 Å². The molecule has 0 fully saturated rings. The summed E-state index contributed by atoms with van der Waals surface area (Å²) >= 11 is 0. The molecule has 0 saturated carbocycles. The van der Waals surface area contributed by atoms with Gasteiger partial charge in [0.05, 0.1) is 7.11 Å². The highest BCUT2D eigenvalue weighted by Crippen LogP contribution is 2.01. The van der Waals surface area contributed by atoms with Crippen molar-refractivity contribution in [2.45, 2.75) is 39.0 Å². The van der Waals surface area contributed by atoms with Crippen LogP contribution in [0, 0.1) is 7.11 Å². The third kappa shape index (κ3) is 7.96. The first kappa shape index (κ1) is 8.96. The van der Waals surface area contributed by atoms with E-state index in [9.17, 15) is 0 Å². The average molecular weight is 129 g/mol. The average Bonchev–Trinajstić information content (AvgIpc) is 1.89. The van der Waals surface area contributed by atoms with Gasteiger partial charge >= 0.3 is 0 Å². The fraction of sp³-hybridized carbons (Fsp3) is 0.875. The molecule has 55 valence electrons. The van der Waals surface area contributed by atoms with Gasteiger partial charge in [0.2, 0.25) is 0 Å². The Morgan fingerprint density at radius 1 is 1.11 bits per heavy atom. The van der Waals surface area contributed by atoms with E-state index >= 15 is 0 Å². The largest absolute Gasteiger partial charge is 0.379 e. The molecule has 0 bridgehead atoms. The molecule has 1 heteroatoms. The van der Waals surface area contributed by atoms with Gasteiger partial charge in [-0.1, -0.05) is 32.6 Å². The van der Waals surface area contributed by atoms with Crippen LogP contribution < -0.4 is 0 Å². The molecule has 0 unspecified atom stereocenters. The maximum absolute atomic E-state index is 4.67. The van der Waals surface area contributed by atoms with Crippen molar-refractivity contribution < 1.29 is 4.74 Å². The molecular formula is C8H17O. The number of rotatable bonds is 6. The topological polar surface area (TPSA) is 9.23 Å². The molecule has 0 rings (SSSR count). The summed E-state index contributed by atoms with van der Waals surface area (Å²) in [4.78, 5) is 0. The summed E-state index contributed by atoms with van der Waals surface area (Å²) < 4.78 is 4.67. The van der Waals surface area contributed by atoms with Crippen LogP contribution in [0.2, 0.25) is 0 Å². The Balaban J connectivity index is 2.60. The van der Waals surface area contributed by atoms with E-state index in [-0.39, 0.29) is 0 Å². The van der Waals surface area contributed by atoms with Crippen LogP contribution in [0.4, 0.5) is 0 Å². The van der Waals surface area contributed by atoms with Crippen LogP contribution in [0.3, 0.4) is 0 Å². The Kier molecular flexibility index (Phi) is 7.92. The van der Waals surface area contributed by atoms with Crippen LogP contribution >= 0.6 is 0 Å². The van der Waals surface area contributed by atoms with Crippen molar-refractivity contribution in [1.82, 2.24) is 0 Å². The Labute approximate surface area is 58.4 Å². The minimum atomic E-state index is 0.823. The third-order valence-corrected chi connectivity index (χ3v) is 1.39. The summed E-state index contributed by atoms with van der Waals surface area (Å²) in [6.45, 7) is 3.04. The van der Waals surface area contributed by atoms with Gasteiger partial charge in [0.15, 0.2) is 0 Å². The summed E-state index contributed by atoms with van der Waals surface area (Å²) in [5, 5.41) is 0. The molecule has 0 saturated heterocycles. The van der Waals surface area contributed by atoms with E-state index in [1.54, 1.807) is 0 Å². The first-order chi connectivity index (χ1) is 4.41. The Morgan fingerprint density at radius 2 is 1.78 bits per heavy atom. The molecule has 0 heterocycles. The number of hydrogen-bond acceptors (Lipinski definition) is 1. The van der Waals surface area contributed by atoms with E-state index in [2.05, 4.69) is 18.8 Å². The van der Waals surface area contributed by atoms with E-state index in [1.165, 1.54) is 32.1 Å². The van der Waals surface area contributed by atoms with E-state index in [0.29, 0.717) is 0 Å². The minimum Gasteiger partial charge on any atom is -0.379 e. The predicted molar refractivity (Wildman–Crippen MR) is 40.1 cm³/mol. The fourth-order valence-corrected chi connectivity index (χ4v) is 0.808. The lowest BCUT2D eigenvalue weighted by Crippen LogP contribution is -1.85. The molecule has 0 atom stereocenters. The van der Waals surface area contributed by atoms with Crippen molar-refractivity contribution in [3.8, 4) is 0 Å². The van der Waals surface area contributed by atoms with Gasteiger partial charge in [0.25, 0.3) is 0 Å². The molecule has 0 aliphatic carbocycles. The van der Waals surface area contributed by atoms with Crippen LogP contribution in [0.25, 0.3) is 0 Å². The zero-order valence-electron chi connectivity index (χ0n) is 6.36. The van der Waals surface area contributed by atoms with Crippen LogP contribution in [-0.2, 0) is 4.74 Å². The lowest BCUT2D eigenvalue weighted by molar-refractivity contribution is 0.233. The minimum absolute atomic E-state index is 0.823. The third-order valence-electron chi connectivity index (χ3n) is 1.39. The summed E-state index contributed by atoms with van der Waals surface area (Å²) in [6.07, 6.45) is 6.48. The van der Waals surface area contributed by atoms with E-state index in [1.807, 2.05) is 0 Å². The van der Waals surface area contributed by atoms with Crippen molar-refractivity contribution in [3.63, 3.8) is 0 Å². The molecule has 1 radical (unpaired) electrons. The Morgan fingerprint density at radius 3 is 2.33 bits per heavy atom. The molecule has 0 amide bonds. The highest BCUT2D eigenvalue weighted by Gasteiger charge is 1.85. The fourth-order valence-electron chi connectivity index (χ4n) is 0.808. The van der Waals surface area contributed by atoms with Gasteiger partial charge in [-0.05, 0) is 6.42 Å². The second kappa shape index (κ2) is 7.96. The lowest BCUT2D eigenvalue weighted by atomic mass is 10.2. The molecule has 0 aliphatic heterocycles. The molecule has 0 aromatic heterocycles. The van der Waals surface area contributed by atoms with Crippen LogP contribution in [0.15, 0.2) is 0 Å². The van der Waals surface area contributed by atoms with Gasteiger partial charge < -0.3 is 4.74 Å². The molecule has 0 spiro atoms. The SMILES string of the molecule is [CH2]OCCCCCCC. The zero-order chi connectivity index (χ0) is 6.95. The standard InChI is InChI=1S/C8H17O/c1-3-4-5-6-7-8-9-2/h2-8H2,1H3. The van der Waals surface area contributed by atoms with Gasteiger partial charge in [-0.2, -0.15) is 0 Å². The molecule has 0 N–H and O–H groups in total. The van der Waals surface area contributed by atoms with Crippen molar-refractivity contribution in [1.29, 1.82) is 0 Å². The van der Waals surface area contributed by atoms with E-state index in [4.69, 9.17) is 0 Å². The number of ether oxygens (including phenoxy) is 1. The highest BCUT2D eigenvalue weighted by molar-refractivity contribution is 4.40. The number of hydrogen-bond donors (Lipinski definition) is 0. The summed E-state index contributed by atoms with van der Waals surface area (Å²) in [7, 11) is 3.30. The molecule has 0 aliphatic rings. The van der Waals surface area contributed by atoms with Gasteiger partial charge in [-0.15, -0.1) is 0 Å². The normalized spacial score (nSPS) is 10.0. The molecule has 9 heavy (non-hydrogen) atoms. The summed E-state index contributed by atoms with van der Waals surface area (Å²) in [5.41, 5.74) is 0. The molecule has 0 aromatic rings. The smallest absolute Gasteiger partial charge is 0.0700 e. The first-order valence-corrected chi connectivity index (χ1v) is 3.78. The van der Waals surface area contributed by atoms with Crippen LogP contribution in [0.1, 0.15) is 39.0 Å². The molecule has 0 aromatic carbocycles. The highest BCUT2D eigenvalue weighted by atomic mass is 16.5. The maximum Gasteiger partial charge on any atom is 0.0700 e. The van der Waals surface area contributed by atoms with Crippen molar-refractivity contribution in [2.24, 2.45) is 0 Å². The number of unbranched alkanes of at least 4 members (excludes halogenated alkanes) is 4. The van der Waals surface area contributed by atoms with Gasteiger partial charge in [0, 0.05) is 6.61 Å². The van der Waals surface area contributed by atoms with E-state index in [0.717, 1.165) is 6.61 Å². The molecule has 1 nitrogen and oxygen atoms in total. The van der Waals surface area contributed by atoms with Crippen molar-refractivity contribution in [2.75, 3.05) is 6.61 Å². The van der Waals surface area contributed by atoms with Crippen molar-refractivity contribution >= 4 is 0 Å². The van der Waals surface area contributed by atoms with Crippen LogP contribution in [-0.4, -0.2) is 6.61 Å². The summed E-state index contributed by atoms with van der Waals surface area (Å²) in [5.74, 6) is 0. The summed E-state index contributed by atoms with van der Waals surface area (Å²) in [6, 6.07) is 0. The second-order valence-corrected chi connectivity index (χ2v) is 2.32. The maximum atomic E-state index is 4.67. The second-order valence-electron chi connectivity index (χ2n) is 2.32. The molecular weight excluding hydrogens is 112 g/mol. The van der Waals surface area contributed by atoms with Crippen LogP contribution in [0.5, 0.6) is 0 Å². The van der Waals surface area contributed by atoms with Gasteiger partial charge in [0.1, 0.15) is 0 Å². The van der Waals surface area contributed by atoms with Gasteiger partial charge in [-0.25, -0.2) is 0 Å². The zero-order valence-corrected chi connectivity index (χ0v) is 6.36. The monoisotopic (exact) mass is 129 g/mol.